The number of amides is 1. The average molecular weight is 332 g/mol. The van der Waals surface area contributed by atoms with Crippen molar-refractivity contribution >= 4 is 11.6 Å². The van der Waals surface area contributed by atoms with Crippen LogP contribution in [0.2, 0.25) is 0 Å². The summed E-state index contributed by atoms with van der Waals surface area (Å²) < 4.78 is 6.57. The number of nitrogens with zero attached hydrogens (tertiary/aromatic N) is 3. The van der Waals surface area contributed by atoms with Crippen molar-refractivity contribution in [3.63, 3.8) is 0 Å². The van der Waals surface area contributed by atoms with E-state index in [-0.39, 0.29) is 17.6 Å². The van der Waals surface area contributed by atoms with E-state index in [2.05, 4.69) is 10.4 Å². The van der Waals surface area contributed by atoms with Gasteiger partial charge in [0.15, 0.2) is 0 Å². The van der Waals surface area contributed by atoms with Crippen LogP contribution in [0, 0.1) is 10.1 Å². The first kappa shape index (κ1) is 17.5. The first-order valence-electron chi connectivity index (χ1n) is 7.59. The summed E-state index contributed by atoms with van der Waals surface area (Å²) in [7, 11) is 1.61. The topological polar surface area (TPSA) is 99.3 Å². The molecule has 0 saturated heterocycles. The van der Waals surface area contributed by atoms with E-state index in [9.17, 15) is 14.9 Å². The van der Waals surface area contributed by atoms with E-state index < -0.39 is 4.92 Å². The van der Waals surface area contributed by atoms with Crippen molar-refractivity contribution in [3.05, 3.63) is 52.3 Å². The Kier molecular flexibility index (Phi) is 5.89. The maximum atomic E-state index is 12.0. The summed E-state index contributed by atoms with van der Waals surface area (Å²) >= 11 is 0. The first-order valence-corrected chi connectivity index (χ1v) is 7.59. The van der Waals surface area contributed by atoms with Crippen LogP contribution >= 0.6 is 0 Å². The predicted molar refractivity (Wildman–Crippen MR) is 87.7 cm³/mol. The van der Waals surface area contributed by atoms with Crippen LogP contribution in [-0.4, -0.2) is 27.7 Å². The zero-order valence-electron chi connectivity index (χ0n) is 13.6. The summed E-state index contributed by atoms with van der Waals surface area (Å²) in [6.07, 6.45) is 3.44. The fraction of sp³-hybridized carbons (Fsp3) is 0.375. The fourth-order valence-electron chi connectivity index (χ4n) is 2.26. The minimum absolute atomic E-state index is 0.0485. The zero-order valence-corrected chi connectivity index (χ0v) is 13.6. The molecule has 1 atom stereocenters. The molecule has 2 rings (SSSR count). The molecule has 2 aromatic rings. The van der Waals surface area contributed by atoms with Crippen LogP contribution in [0.4, 0.5) is 5.69 Å². The van der Waals surface area contributed by atoms with Gasteiger partial charge in [0.1, 0.15) is 18.1 Å². The summed E-state index contributed by atoms with van der Waals surface area (Å²) in [6, 6.07) is 7.42. The molecule has 1 aromatic heterocycles. The SMILES string of the molecule is COc1ccc(C(C)NC(=O)CCCn2cc([N+](=O)[O-])cn2)cc1. The number of methoxy groups -OCH3 is 1. The number of aromatic nitrogens is 2. The Morgan fingerprint density at radius 1 is 1.42 bits per heavy atom. The molecule has 1 N–H and O–H groups in total. The second kappa shape index (κ2) is 8.09. The minimum Gasteiger partial charge on any atom is -0.497 e. The van der Waals surface area contributed by atoms with Gasteiger partial charge in [-0.05, 0) is 31.0 Å². The van der Waals surface area contributed by atoms with Crippen LogP contribution < -0.4 is 10.1 Å². The number of carbonyl (C=O) groups is 1. The van der Waals surface area contributed by atoms with Crippen molar-refractivity contribution in [2.75, 3.05) is 7.11 Å². The third-order valence-electron chi connectivity index (χ3n) is 3.61. The van der Waals surface area contributed by atoms with Crippen LogP contribution in [0.15, 0.2) is 36.7 Å². The highest BCUT2D eigenvalue weighted by Crippen LogP contribution is 2.17. The highest BCUT2D eigenvalue weighted by molar-refractivity contribution is 5.76. The van der Waals surface area contributed by atoms with Gasteiger partial charge in [-0.1, -0.05) is 12.1 Å². The maximum absolute atomic E-state index is 12.0. The van der Waals surface area contributed by atoms with E-state index in [1.807, 2.05) is 31.2 Å². The lowest BCUT2D eigenvalue weighted by molar-refractivity contribution is -0.385. The van der Waals surface area contributed by atoms with E-state index in [0.717, 1.165) is 11.3 Å². The third-order valence-corrected chi connectivity index (χ3v) is 3.61. The van der Waals surface area contributed by atoms with Crippen LogP contribution in [0.1, 0.15) is 31.4 Å². The molecule has 1 unspecified atom stereocenters. The smallest absolute Gasteiger partial charge is 0.306 e. The summed E-state index contributed by atoms with van der Waals surface area (Å²) in [5.74, 6) is 0.700. The second-order valence-corrected chi connectivity index (χ2v) is 5.38. The summed E-state index contributed by atoms with van der Waals surface area (Å²) in [4.78, 5) is 22.1. The fourth-order valence-corrected chi connectivity index (χ4v) is 2.26. The largest absolute Gasteiger partial charge is 0.497 e. The number of aryl methyl sites for hydroxylation is 1. The van der Waals surface area contributed by atoms with Crippen LogP contribution in [-0.2, 0) is 11.3 Å². The van der Waals surface area contributed by atoms with E-state index in [0.29, 0.717) is 19.4 Å². The number of hydrogen-bond acceptors (Lipinski definition) is 5. The molecule has 0 aliphatic heterocycles. The van der Waals surface area contributed by atoms with Crippen LogP contribution in [0.25, 0.3) is 0 Å². The molecule has 1 aromatic carbocycles. The average Bonchev–Trinajstić information content (AvgIpc) is 3.04. The molecule has 0 spiro atoms. The first-order chi connectivity index (χ1) is 11.5. The van der Waals surface area contributed by atoms with Crippen molar-refractivity contribution in [2.24, 2.45) is 0 Å². The van der Waals surface area contributed by atoms with Gasteiger partial charge in [-0.15, -0.1) is 0 Å². The highest BCUT2D eigenvalue weighted by atomic mass is 16.6. The molecular formula is C16H20N4O4. The number of carbonyl (C=O) groups excluding carboxylic acids is 1. The Morgan fingerprint density at radius 2 is 2.12 bits per heavy atom. The molecule has 0 radical (unpaired) electrons. The predicted octanol–water partition coefficient (Wildman–Crippen LogP) is 2.46. The van der Waals surface area contributed by atoms with Crippen molar-refractivity contribution < 1.29 is 14.5 Å². The number of benzene rings is 1. The molecule has 0 bridgehead atoms. The van der Waals surface area contributed by atoms with Gasteiger partial charge in [-0.2, -0.15) is 5.10 Å². The molecule has 0 aliphatic carbocycles. The Labute approximate surface area is 139 Å². The molecule has 0 saturated carbocycles. The lowest BCUT2D eigenvalue weighted by Gasteiger charge is -2.14. The lowest BCUT2D eigenvalue weighted by Crippen LogP contribution is -2.26. The van der Waals surface area contributed by atoms with Gasteiger partial charge < -0.3 is 10.1 Å². The molecule has 0 aliphatic rings. The quantitative estimate of drug-likeness (QED) is 0.591. The van der Waals surface area contributed by atoms with E-state index in [4.69, 9.17) is 4.74 Å². The molecule has 1 amide bonds. The van der Waals surface area contributed by atoms with Gasteiger partial charge in [0, 0.05) is 13.0 Å². The molecule has 0 fully saturated rings. The second-order valence-electron chi connectivity index (χ2n) is 5.38. The van der Waals surface area contributed by atoms with Gasteiger partial charge in [0.05, 0.1) is 18.1 Å². The van der Waals surface area contributed by atoms with Gasteiger partial charge >= 0.3 is 5.69 Å². The molecule has 1 heterocycles. The Hall–Kier alpha value is -2.90. The van der Waals surface area contributed by atoms with Crippen molar-refractivity contribution in [2.45, 2.75) is 32.4 Å². The molecule has 128 valence electrons. The van der Waals surface area contributed by atoms with Gasteiger partial charge in [-0.3, -0.25) is 19.6 Å². The number of rotatable bonds is 8. The van der Waals surface area contributed by atoms with Crippen molar-refractivity contribution in [3.8, 4) is 5.75 Å². The van der Waals surface area contributed by atoms with Gasteiger partial charge in [-0.25, -0.2) is 0 Å². The Bertz CT molecular complexity index is 696. The number of nitro groups is 1. The van der Waals surface area contributed by atoms with E-state index in [1.54, 1.807) is 7.11 Å². The lowest BCUT2D eigenvalue weighted by atomic mass is 10.1. The zero-order chi connectivity index (χ0) is 17.5. The molecule has 8 heteroatoms. The van der Waals surface area contributed by atoms with Gasteiger partial charge in [0.2, 0.25) is 5.91 Å². The van der Waals surface area contributed by atoms with E-state index in [1.165, 1.54) is 17.1 Å². The van der Waals surface area contributed by atoms with Crippen molar-refractivity contribution in [1.29, 1.82) is 0 Å². The van der Waals surface area contributed by atoms with Crippen molar-refractivity contribution in [1.82, 2.24) is 15.1 Å². The molecular weight excluding hydrogens is 312 g/mol. The number of hydrogen-bond donors (Lipinski definition) is 1. The summed E-state index contributed by atoms with van der Waals surface area (Å²) in [6.45, 7) is 2.37. The molecule has 8 nitrogen and oxygen atoms in total. The third kappa shape index (κ3) is 4.80. The Morgan fingerprint density at radius 3 is 2.71 bits per heavy atom. The maximum Gasteiger partial charge on any atom is 0.306 e. The van der Waals surface area contributed by atoms with Crippen LogP contribution in [0.3, 0.4) is 0 Å². The minimum atomic E-state index is -0.493. The Balaban J connectivity index is 1.76. The number of ether oxygens (including phenoxy) is 1. The van der Waals surface area contributed by atoms with Crippen LogP contribution in [0.5, 0.6) is 5.75 Å². The summed E-state index contributed by atoms with van der Waals surface area (Å²) in [5, 5.41) is 17.4. The normalized spacial score (nSPS) is 11.8. The number of nitrogens with one attached hydrogen (secondary N) is 1. The monoisotopic (exact) mass is 332 g/mol. The molecule has 24 heavy (non-hydrogen) atoms. The summed E-state index contributed by atoms with van der Waals surface area (Å²) in [5.41, 5.74) is 0.944. The van der Waals surface area contributed by atoms with Gasteiger partial charge in [0.25, 0.3) is 0 Å². The standard InChI is InChI=1S/C16H20N4O4/c1-12(13-5-7-15(24-2)8-6-13)18-16(21)4-3-9-19-11-14(10-17-19)20(22)23/h5-8,10-12H,3-4,9H2,1-2H3,(H,18,21). The highest BCUT2D eigenvalue weighted by Gasteiger charge is 2.11. The van der Waals surface area contributed by atoms with E-state index >= 15 is 0 Å².